The molecule has 4 nitrogen and oxygen atoms in total. The van der Waals surface area contributed by atoms with Crippen LogP contribution < -0.4 is 4.90 Å². The summed E-state index contributed by atoms with van der Waals surface area (Å²) in [6.45, 7) is 8.58. The number of rotatable bonds is 2. The second kappa shape index (κ2) is 6.61. The smallest absolute Gasteiger partial charge is 0.209 e. The summed E-state index contributed by atoms with van der Waals surface area (Å²) in [6, 6.07) is 16.5. The van der Waals surface area contributed by atoms with Crippen LogP contribution in [0.15, 0.2) is 72.0 Å². The summed E-state index contributed by atoms with van der Waals surface area (Å²) in [4.78, 5) is 28.4. The minimum atomic E-state index is -0.704. The maximum Gasteiger partial charge on any atom is 0.209 e. The summed E-state index contributed by atoms with van der Waals surface area (Å²) in [6.07, 6.45) is 3.70. The average Bonchev–Trinajstić information content (AvgIpc) is 3.09. The summed E-state index contributed by atoms with van der Waals surface area (Å²) in [5, 5.41) is 0. The lowest BCUT2D eigenvalue weighted by Crippen LogP contribution is -2.42. The number of fused-ring (bicyclic) bond motifs is 2. The van der Waals surface area contributed by atoms with Gasteiger partial charge in [0.2, 0.25) is 5.69 Å². The minimum Gasteiger partial charge on any atom is -0.347 e. The number of carbonyl (C=O) groups is 2. The van der Waals surface area contributed by atoms with Crippen LogP contribution in [0.5, 0.6) is 0 Å². The highest BCUT2D eigenvalue weighted by Crippen LogP contribution is 2.48. The molecule has 1 saturated carbocycles. The number of nitrogens with zero attached hydrogens (tertiary/aromatic N) is 2. The van der Waals surface area contributed by atoms with Gasteiger partial charge in [-0.15, -0.1) is 0 Å². The Morgan fingerprint density at radius 3 is 2.09 bits per heavy atom. The Hall–Kier alpha value is -3.27. The molecule has 0 unspecified atom stereocenters. The molecule has 2 aliphatic heterocycles. The van der Waals surface area contributed by atoms with Gasteiger partial charge in [-0.1, -0.05) is 50.2 Å². The van der Waals surface area contributed by atoms with Gasteiger partial charge in [0, 0.05) is 41.6 Å². The Morgan fingerprint density at radius 2 is 1.47 bits per heavy atom. The van der Waals surface area contributed by atoms with E-state index in [1.54, 1.807) is 0 Å². The van der Waals surface area contributed by atoms with E-state index in [2.05, 4.69) is 61.4 Å². The number of hydrogen-bond donors (Lipinski definition) is 0. The van der Waals surface area contributed by atoms with Gasteiger partial charge in [0.05, 0.1) is 11.0 Å². The molecule has 32 heavy (non-hydrogen) atoms. The van der Waals surface area contributed by atoms with Gasteiger partial charge in [0.25, 0.3) is 0 Å². The lowest BCUT2D eigenvalue weighted by molar-refractivity contribution is -0.401. The molecular weight excluding hydrogens is 396 g/mol. The number of anilines is 1. The standard InChI is InChI=1S/C28H29N2O2/c1-27(2)19-11-7-9-13-21(19)29(5)23(27)15-17-25(31)18(26(17)32)16-24-28(3,4)20-12-8-10-14-22(20)30(24)6/h7-17H,1-6H3/q+1/b18-16?,23-15+. The van der Waals surface area contributed by atoms with Crippen LogP contribution in [0.25, 0.3) is 0 Å². The molecule has 2 aromatic carbocycles. The molecule has 0 aromatic heterocycles. The molecule has 3 aliphatic rings. The monoisotopic (exact) mass is 425 g/mol. The van der Waals surface area contributed by atoms with Crippen molar-refractivity contribution in [3.8, 4) is 0 Å². The van der Waals surface area contributed by atoms with Crippen LogP contribution in [0, 0.1) is 5.92 Å². The molecule has 5 rings (SSSR count). The van der Waals surface area contributed by atoms with Gasteiger partial charge in [0.15, 0.2) is 17.3 Å². The summed E-state index contributed by atoms with van der Waals surface area (Å²) in [7, 11) is 4.01. The number of allylic oxidation sites excluding steroid dienone is 4. The van der Waals surface area contributed by atoms with E-state index in [-0.39, 0.29) is 22.4 Å². The molecule has 0 saturated heterocycles. The fourth-order valence-electron chi connectivity index (χ4n) is 5.65. The normalized spacial score (nSPS) is 24.1. The quantitative estimate of drug-likeness (QED) is 0.303. The Balaban J connectivity index is 1.48. The third-order valence-corrected chi connectivity index (χ3v) is 7.58. The molecule has 4 heteroatoms. The van der Waals surface area contributed by atoms with Gasteiger partial charge in [0.1, 0.15) is 13.0 Å². The van der Waals surface area contributed by atoms with Gasteiger partial charge in [-0.2, -0.15) is 4.58 Å². The van der Waals surface area contributed by atoms with E-state index in [1.807, 2.05) is 50.5 Å². The third-order valence-electron chi connectivity index (χ3n) is 7.58. The van der Waals surface area contributed by atoms with Crippen molar-refractivity contribution in [2.45, 2.75) is 38.5 Å². The van der Waals surface area contributed by atoms with E-state index < -0.39 is 5.92 Å². The fraction of sp³-hybridized carbons (Fsp3) is 0.321. The number of ketones is 2. The number of para-hydroxylation sites is 2. The van der Waals surface area contributed by atoms with Gasteiger partial charge in [-0.05, 0) is 31.6 Å². The summed E-state index contributed by atoms with van der Waals surface area (Å²) in [5.41, 5.74) is 6.44. The molecular formula is C28H29N2O2+. The zero-order valence-corrected chi connectivity index (χ0v) is 19.6. The first-order chi connectivity index (χ1) is 15.1. The highest BCUT2D eigenvalue weighted by molar-refractivity contribution is 6.41. The van der Waals surface area contributed by atoms with E-state index >= 15 is 0 Å². The number of Topliss-reactive ketones (excluding diaryl/α,β-unsaturated/α-hetero) is 2. The van der Waals surface area contributed by atoms with Crippen molar-refractivity contribution in [2.24, 2.45) is 5.92 Å². The summed E-state index contributed by atoms with van der Waals surface area (Å²) >= 11 is 0. The summed E-state index contributed by atoms with van der Waals surface area (Å²) in [5.74, 6) is -0.879. The average molecular weight is 426 g/mol. The first-order valence-corrected chi connectivity index (χ1v) is 11.1. The molecule has 0 atom stereocenters. The zero-order valence-electron chi connectivity index (χ0n) is 19.6. The highest BCUT2D eigenvalue weighted by Gasteiger charge is 2.49. The lowest BCUT2D eigenvalue weighted by atomic mass is 9.72. The molecule has 1 aliphatic carbocycles. The van der Waals surface area contributed by atoms with Crippen LogP contribution in [0.4, 0.5) is 11.4 Å². The van der Waals surface area contributed by atoms with E-state index in [0.717, 1.165) is 22.8 Å². The summed E-state index contributed by atoms with van der Waals surface area (Å²) < 4.78 is 2.10. The molecule has 0 N–H and O–H groups in total. The molecule has 2 aromatic rings. The van der Waals surface area contributed by atoms with Crippen LogP contribution in [0.2, 0.25) is 0 Å². The SMILES string of the molecule is CN1/C(=C/C2C(=O)C(=CC3=[N+](C)c4ccccc4C3(C)C)C2=O)C(C)(C)c2ccccc21. The fourth-order valence-corrected chi connectivity index (χ4v) is 5.65. The van der Waals surface area contributed by atoms with Crippen LogP contribution in [-0.2, 0) is 20.4 Å². The second-order valence-corrected chi connectivity index (χ2v) is 10.1. The molecule has 0 amide bonds. The first kappa shape index (κ1) is 20.6. The van der Waals surface area contributed by atoms with Gasteiger partial charge < -0.3 is 4.90 Å². The molecule has 0 bridgehead atoms. The third kappa shape index (κ3) is 2.59. The molecule has 2 heterocycles. The van der Waals surface area contributed by atoms with E-state index in [0.29, 0.717) is 5.57 Å². The largest absolute Gasteiger partial charge is 0.347 e. The van der Waals surface area contributed by atoms with Crippen LogP contribution in [-0.4, -0.2) is 35.9 Å². The van der Waals surface area contributed by atoms with Crippen molar-refractivity contribution >= 4 is 28.7 Å². The first-order valence-electron chi connectivity index (χ1n) is 11.1. The predicted molar refractivity (Wildman–Crippen MR) is 128 cm³/mol. The topological polar surface area (TPSA) is 40.4 Å². The van der Waals surface area contributed by atoms with Gasteiger partial charge >= 0.3 is 0 Å². The Morgan fingerprint density at radius 1 is 0.875 bits per heavy atom. The molecule has 0 spiro atoms. The molecule has 1 fully saturated rings. The Labute approximate surface area is 189 Å². The predicted octanol–water partition coefficient (Wildman–Crippen LogP) is 4.70. The van der Waals surface area contributed by atoms with Crippen molar-refractivity contribution in [2.75, 3.05) is 19.0 Å². The Bertz CT molecular complexity index is 1270. The van der Waals surface area contributed by atoms with E-state index in [1.165, 1.54) is 11.1 Å². The van der Waals surface area contributed by atoms with Gasteiger partial charge in [-0.3, -0.25) is 9.59 Å². The van der Waals surface area contributed by atoms with E-state index in [9.17, 15) is 9.59 Å². The minimum absolute atomic E-state index is 0.0877. The molecule has 162 valence electrons. The van der Waals surface area contributed by atoms with Crippen molar-refractivity contribution in [1.82, 2.24) is 0 Å². The highest BCUT2D eigenvalue weighted by atomic mass is 16.2. The number of likely N-dealkylation sites (N-methyl/N-ethyl adjacent to an activating group) is 1. The maximum absolute atomic E-state index is 13.1. The van der Waals surface area contributed by atoms with Crippen LogP contribution >= 0.6 is 0 Å². The Kier molecular flexibility index (Phi) is 4.26. The van der Waals surface area contributed by atoms with Crippen LogP contribution in [0.1, 0.15) is 38.8 Å². The van der Waals surface area contributed by atoms with Crippen LogP contribution in [0.3, 0.4) is 0 Å². The van der Waals surface area contributed by atoms with Crippen molar-refractivity contribution in [3.05, 3.63) is 83.1 Å². The number of benzene rings is 2. The van der Waals surface area contributed by atoms with Crippen molar-refractivity contribution in [3.63, 3.8) is 0 Å². The van der Waals surface area contributed by atoms with Crippen molar-refractivity contribution in [1.29, 1.82) is 0 Å². The maximum atomic E-state index is 13.1. The lowest BCUT2D eigenvalue weighted by Gasteiger charge is -2.29. The number of hydrogen-bond acceptors (Lipinski definition) is 3. The van der Waals surface area contributed by atoms with Gasteiger partial charge in [-0.25, -0.2) is 0 Å². The van der Waals surface area contributed by atoms with Crippen molar-refractivity contribution < 1.29 is 14.2 Å². The zero-order chi connectivity index (χ0) is 23.0. The second-order valence-electron chi connectivity index (χ2n) is 10.1. The number of carbonyl (C=O) groups excluding carboxylic acids is 2. The van der Waals surface area contributed by atoms with E-state index in [4.69, 9.17) is 0 Å². The molecule has 0 radical (unpaired) electrons.